The number of hydrogen-bond acceptors (Lipinski definition) is 6. The number of halogens is 2. The molecule has 1 saturated heterocycles. The molecule has 10 heteroatoms. The lowest BCUT2D eigenvalue weighted by molar-refractivity contribution is -0.138. The van der Waals surface area contributed by atoms with Gasteiger partial charge in [-0.2, -0.15) is 0 Å². The number of hydrogen-bond donors (Lipinski definition) is 1. The topological polar surface area (TPSA) is 84.4 Å². The molecule has 4 rings (SSSR count). The molecule has 2 amide bonds. The second kappa shape index (κ2) is 9.40. The van der Waals surface area contributed by atoms with Gasteiger partial charge in [-0.15, -0.1) is 10.2 Å². The lowest BCUT2D eigenvalue weighted by atomic mass is 10.2. The van der Waals surface area contributed by atoms with E-state index in [0.717, 1.165) is 6.42 Å². The van der Waals surface area contributed by atoms with Crippen molar-refractivity contribution in [1.29, 1.82) is 0 Å². The van der Waals surface area contributed by atoms with E-state index in [9.17, 15) is 14.0 Å². The second-order valence-electron chi connectivity index (χ2n) is 6.90. The quantitative estimate of drug-likeness (QED) is 0.601. The fourth-order valence-electron chi connectivity index (χ4n) is 3.27. The summed E-state index contributed by atoms with van der Waals surface area (Å²) in [5.41, 5.74) is 0.705. The maximum Gasteiger partial charge on any atom is 0.261 e. The Bertz CT molecular complexity index is 1070. The van der Waals surface area contributed by atoms with Gasteiger partial charge < -0.3 is 9.64 Å². The van der Waals surface area contributed by atoms with Crippen LogP contribution in [-0.4, -0.2) is 46.1 Å². The van der Waals surface area contributed by atoms with Crippen molar-refractivity contribution in [3.8, 4) is 16.3 Å². The van der Waals surface area contributed by atoms with Crippen molar-refractivity contribution in [3.63, 3.8) is 0 Å². The maximum absolute atomic E-state index is 13.1. The molecule has 1 atom stereocenters. The number of carbonyl (C=O) groups is 2. The SMILES string of the molecule is O=C(Nc1nnc(-c2ccc(F)cc2)s1)C1CCCN1C(=O)COc1ccc(Cl)cc1. The summed E-state index contributed by atoms with van der Waals surface area (Å²) < 4.78 is 18.6. The molecule has 0 aliphatic carbocycles. The third kappa shape index (κ3) is 5.18. The molecule has 1 aliphatic rings. The molecule has 0 radical (unpaired) electrons. The van der Waals surface area contributed by atoms with E-state index in [1.54, 1.807) is 36.4 Å². The number of benzene rings is 2. The van der Waals surface area contributed by atoms with Crippen LogP contribution in [0.25, 0.3) is 10.6 Å². The molecule has 1 N–H and O–H groups in total. The lowest BCUT2D eigenvalue weighted by Gasteiger charge is -2.23. The maximum atomic E-state index is 13.1. The molecule has 0 bridgehead atoms. The van der Waals surface area contributed by atoms with Gasteiger partial charge in [0.15, 0.2) is 6.61 Å². The van der Waals surface area contributed by atoms with Gasteiger partial charge in [0, 0.05) is 17.1 Å². The van der Waals surface area contributed by atoms with Gasteiger partial charge in [-0.1, -0.05) is 22.9 Å². The number of aromatic nitrogens is 2. The zero-order valence-electron chi connectivity index (χ0n) is 16.3. The minimum atomic E-state index is -0.598. The third-order valence-electron chi connectivity index (χ3n) is 4.80. The van der Waals surface area contributed by atoms with E-state index in [0.29, 0.717) is 39.4 Å². The van der Waals surface area contributed by atoms with E-state index in [4.69, 9.17) is 16.3 Å². The second-order valence-corrected chi connectivity index (χ2v) is 8.31. The Kier molecular flexibility index (Phi) is 6.43. The monoisotopic (exact) mass is 460 g/mol. The molecule has 7 nitrogen and oxygen atoms in total. The highest BCUT2D eigenvalue weighted by Gasteiger charge is 2.34. The van der Waals surface area contributed by atoms with E-state index in [1.807, 2.05) is 0 Å². The van der Waals surface area contributed by atoms with Crippen molar-refractivity contribution >= 4 is 39.9 Å². The van der Waals surface area contributed by atoms with Crippen molar-refractivity contribution in [1.82, 2.24) is 15.1 Å². The highest BCUT2D eigenvalue weighted by molar-refractivity contribution is 7.18. The minimum Gasteiger partial charge on any atom is -0.484 e. The molecule has 1 fully saturated rings. The molecule has 1 unspecified atom stereocenters. The summed E-state index contributed by atoms with van der Waals surface area (Å²) >= 11 is 7.02. The van der Waals surface area contributed by atoms with Crippen molar-refractivity contribution in [3.05, 3.63) is 59.4 Å². The molecule has 1 aromatic heterocycles. The summed E-state index contributed by atoms with van der Waals surface area (Å²) in [4.78, 5) is 26.9. The van der Waals surface area contributed by atoms with E-state index < -0.39 is 6.04 Å². The van der Waals surface area contributed by atoms with Gasteiger partial charge in [-0.05, 0) is 61.4 Å². The summed E-state index contributed by atoms with van der Waals surface area (Å²) in [6.45, 7) is 0.316. The normalized spacial score (nSPS) is 15.7. The molecule has 3 aromatic rings. The first-order valence-electron chi connectivity index (χ1n) is 9.58. The number of ether oxygens (including phenoxy) is 1. The van der Waals surface area contributed by atoms with Crippen molar-refractivity contribution < 1.29 is 18.7 Å². The van der Waals surface area contributed by atoms with Crippen LogP contribution in [0.3, 0.4) is 0 Å². The molecular formula is C21H18ClFN4O3S. The highest BCUT2D eigenvalue weighted by atomic mass is 35.5. The average Bonchev–Trinajstić information content (AvgIpc) is 3.43. The van der Waals surface area contributed by atoms with Crippen LogP contribution in [0, 0.1) is 5.82 Å². The minimum absolute atomic E-state index is 0.168. The molecule has 1 aliphatic heterocycles. The van der Waals surface area contributed by atoms with Crippen LogP contribution < -0.4 is 10.1 Å². The summed E-state index contributed by atoms with van der Waals surface area (Å²) in [5.74, 6) is -0.399. The summed E-state index contributed by atoms with van der Waals surface area (Å²) in [6, 6.07) is 12.0. The first-order valence-corrected chi connectivity index (χ1v) is 10.8. The number of rotatable bonds is 6. The molecule has 0 spiro atoms. The molecule has 160 valence electrons. The molecule has 31 heavy (non-hydrogen) atoms. The molecular weight excluding hydrogens is 443 g/mol. The Morgan fingerprint density at radius 3 is 2.65 bits per heavy atom. The van der Waals surface area contributed by atoms with Crippen LogP contribution in [0.4, 0.5) is 9.52 Å². The van der Waals surface area contributed by atoms with Gasteiger partial charge in [-0.3, -0.25) is 14.9 Å². The lowest BCUT2D eigenvalue weighted by Crippen LogP contribution is -2.45. The number of nitrogens with zero attached hydrogens (tertiary/aromatic N) is 3. The van der Waals surface area contributed by atoms with Crippen molar-refractivity contribution in [2.45, 2.75) is 18.9 Å². The highest BCUT2D eigenvalue weighted by Crippen LogP contribution is 2.27. The van der Waals surface area contributed by atoms with Crippen LogP contribution in [0.5, 0.6) is 5.75 Å². The van der Waals surface area contributed by atoms with Crippen LogP contribution in [0.1, 0.15) is 12.8 Å². The Morgan fingerprint density at radius 2 is 1.90 bits per heavy atom. The van der Waals surface area contributed by atoms with Gasteiger partial charge in [-0.25, -0.2) is 4.39 Å². The Balaban J connectivity index is 1.36. The molecule has 2 heterocycles. The molecule has 2 aromatic carbocycles. The number of carbonyl (C=O) groups excluding carboxylic acids is 2. The standard InChI is InChI=1S/C21H18ClFN4O3S/c22-14-5-9-16(10-6-14)30-12-18(28)27-11-1-2-17(27)19(29)24-21-26-25-20(31-21)13-3-7-15(23)8-4-13/h3-10,17H,1-2,11-12H2,(H,24,26,29). The predicted octanol–water partition coefficient (Wildman–Crippen LogP) is 4.01. The van der Waals surface area contributed by atoms with E-state index in [2.05, 4.69) is 15.5 Å². The van der Waals surface area contributed by atoms with Gasteiger partial charge in [0.1, 0.15) is 22.6 Å². The summed E-state index contributed by atoms with van der Waals surface area (Å²) in [7, 11) is 0. The number of nitrogens with one attached hydrogen (secondary N) is 1. The van der Waals surface area contributed by atoms with Crippen molar-refractivity contribution in [2.75, 3.05) is 18.5 Å². The first-order chi connectivity index (χ1) is 15.0. The van der Waals surface area contributed by atoms with Gasteiger partial charge in [0.05, 0.1) is 0 Å². The fraction of sp³-hybridized carbons (Fsp3) is 0.238. The average molecular weight is 461 g/mol. The van der Waals surface area contributed by atoms with Crippen LogP contribution in [-0.2, 0) is 9.59 Å². The van der Waals surface area contributed by atoms with Gasteiger partial charge in [0.2, 0.25) is 11.0 Å². The van der Waals surface area contributed by atoms with Crippen LogP contribution >= 0.6 is 22.9 Å². The summed E-state index contributed by atoms with van der Waals surface area (Å²) in [6.07, 6.45) is 1.28. The Labute approximate surface area is 186 Å². The molecule has 0 saturated carbocycles. The Hall–Kier alpha value is -3.04. The van der Waals surface area contributed by atoms with E-state index in [1.165, 1.54) is 28.4 Å². The zero-order chi connectivity index (χ0) is 21.8. The Morgan fingerprint density at radius 1 is 1.16 bits per heavy atom. The number of anilines is 1. The van der Waals surface area contributed by atoms with E-state index in [-0.39, 0.29) is 24.2 Å². The number of amides is 2. The summed E-state index contributed by atoms with van der Waals surface area (Å²) in [5, 5.41) is 12.2. The zero-order valence-corrected chi connectivity index (χ0v) is 17.8. The fourth-order valence-corrected chi connectivity index (χ4v) is 4.15. The van der Waals surface area contributed by atoms with Crippen LogP contribution in [0.15, 0.2) is 48.5 Å². The van der Waals surface area contributed by atoms with Gasteiger partial charge >= 0.3 is 0 Å². The van der Waals surface area contributed by atoms with Crippen LogP contribution in [0.2, 0.25) is 5.02 Å². The predicted molar refractivity (Wildman–Crippen MR) is 116 cm³/mol. The largest absolute Gasteiger partial charge is 0.484 e. The smallest absolute Gasteiger partial charge is 0.261 e. The van der Waals surface area contributed by atoms with E-state index >= 15 is 0 Å². The van der Waals surface area contributed by atoms with Gasteiger partial charge in [0.25, 0.3) is 5.91 Å². The third-order valence-corrected chi connectivity index (χ3v) is 5.94. The first kappa shape index (κ1) is 21.2. The van der Waals surface area contributed by atoms with Crippen molar-refractivity contribution in [2.24, 2.45) is 0 Å². The number of likely N-dealkylation sites (tertiary alicyclic amines) is 1.